The molecule has 0 fully saturated rings. The van der Waals surface area contributed by atoms with Crippen molar-refractivity contribution in [1.82, 2.24) is 0 Å². The molecule has 0 radical (unpaired) electrons. The lowest BCUT2D eigenvalue weighted by Gasteiger charge is -2.13. The number of hydrogen-bond acceptors (Lipinski definition) is 6. The summed E-state index contributed by atoms with van der Waals surface area (Å²) in [4.78, 5) is 12.3. The molecule has 1 amide bonds. The van der Waals surface area contributed by atoms with E-state index in [2.05, 4.69) is 10.0 Å². The van der Waals surface area contributed by atoms with Crippen molar-refractivity contribution in [3.8, 4) is 17.2 Å². The number of benzene rings is 3. The molecule has 0 saturated carbocycles. The Morgan fingerprint density at radius 1 is 0.844 bits per heavy atom. The molecule has 32 heavy (non-hydrogen) atoms. The van der Waals surface area contributed by atoms with Crippen molar-refractivity contribution in [2.45, 2.75) is 11.3 Å². The van der Waals surface area contributed by atoms with Crippen LogP contribution in [0.25, 0.3) is 0 Å². The summed E-state index contributed by atoms with van der Waals surface area (Å²) in [5.41, 5.74) is 0.674. The third kappa shape index (κ3) is 5.92. The van der Waals surface area contributed by atoms with E-state index < -0.39 is 10.0 Å². The van der Waals surface area contributed by atoms with E-state index in [-0.39, 0.29) is 23.8 Å². The van der Waals surface area contributed by atoms with E-state index >= 15 is 0 Å². The quantitative estimate of drug-likeness (QED) is 0.479. The minimum atomic E-state index is -3.88. The number of para-hydroxylation sites is 4. The zero-order valence-electron chi connectivity index (χ0n) is 17.7. The average Bonchev–Trinajstić information content (AvgIpc) is 2.79. The molecule has 0 aliphatic carbocycles. The summed E-state index contributed by atoms with van der Waals surface area (Å²) in [5, 5.41) is 2.69. The number of amides is 1. The van der Waals surface area contributed by atoms with Gasteiger partial charge in [0.05, 0.1) is 37.8 Å². The molecule has 0 heterocycles. The predicted octanol–water partition coefficient (Wildman–Crippen LogP) is 3.91. The number of ether oxygens (including phenoxy) is 3. The van der Waals surface area contributed by atoms with Crippen LogP contribution in [0.5, 0.6) is 17.2 Å². The first-order valence-electron chi connectivity index (χ1n) is 9.74. The Morgan fingerprint density at radius 3 is 2.22 bits per heavy atom. The highest BCUT2D eigenvalue weighted by Gasteiger charge is 2.17. The highest BCUT2D eigenvalue weighted by atomic mass is 32.2. The number of hydrogen-bond donors (Lipinski definition) is 2. The first kappa shape index (κ1) is 23.0. The maximum atomic E-state index is 12.8. The Hall–Kier alpha value is -3.72. The van der Waals surface area contributed by atoms with E-state index in [0.29, 0.717) is 28.6 Å². The summed E-state index contributed by atoms with van der Waals surface area (Å²) in [6.07, 6.45) is 0.0779. The van der Waals surface area contributed by atoms with Gasteiger partial charge in [0.25, 0.3) is 10.0 Å². The van der Waals surface area contributed by atoms with E-state index in [4.69, 9.17) is 14.2 Å². The van der Waals surface area contributed by atoms with Crippen LogP contribution in [0, 0.1) is 0 Å². The number of carbonyl (C=O) groups excluding carboxylic acids is 1. The molecule has 0 bridgehead atoms. The van der Waals surface area contributed by atoms with Crippen molar-refractivity contribution in [2.24, 2.45) is 0 Å². The van der Waals surface area contributed by atoms with Crippen LogP contribution in [0.3, 0.4) is 0 Å². The summed E-state index contributed by atoms with van der Waals surface area (Å²) in [7, 11) is -0.885. The van der Waals surface area contributed by atoms with Gasteiger partial charge in [0, 0.05) is 5.69 Å². The van der Waals surface area contributed by atoms with Crippen LogP contribution in [0.4, 0.5) is 11.4 Å². The lowest BCUT2D eigenvalue weighted by molar-refractivity contribution is -0.116. The summed E-state index contributed by atoms with van der Waals surface area (Å²) in [6, 6.07) is 19.8. The molecule has 0 aliphatic heterocycles. The van der Waals surface area contributed by atoms with Gasteiger partial charge in [-0.25, -0.2) is 8.42 Å². The number of rotatable bonds is 10. The van der Waals surface area contributed by atoms with Crippen molar-refractivity contribution >= 4 is 27.3 Å². The van der Waals surface area contributed by atoms with E-state index in [9.17, 15) is 13.2 Å². The second-order valence-corrected chi connectivity index (χ2v) is 8.31. The van der Waals surface area contributed by atoms with Gasteiger partial charge < -0.3 is 19.5 Å². The van der Waals surface area contributed by atoms with Gasteiger partial charge in [-0.2, -0.15) is 0 Å². The van der Waals surface area contributed by atoms with Crippen molar-refractivity contribution in [3.63, 3.8) is 0 Å². The molecular formula is C23H24N2O6S. The third-order valence-corrected chi connectivity index (χ3v) is 5.80. The minimum Gasteiger partial charge on any atom is -0.495 e. The first-order valence-corrected chi connectivity index (χ1v) is 11.2. The zero-order valence-corrected chi connectivity index (χ0v) is 18.5. The highest BCUT2D eigenvalue weighted by molar-refractivity contribution is 7.92. The molecule has 2 N–H and O–H groups in total. The van der Waals surface area contributed by atoms with Gasteiger partial charge in [0.15, 0.2) is 11.5 Å². The molecule has 3 rings (SSSR count). The van der Waals surface area contributed by atoms with Crippen LogP contribution in [0.1, 0.15) is 6.42 Å². The minimum absolute atomic E-state index is 0.00600. The van der Waals surface area contributed by atoms with Gasteiger partial charge in [0.1, 0.15) is 5.75 Å². The molecular weight excluding hydrogens is 432 g/mol. The van der Waals surface area contributed by atoms with Crippen LogP contribution in [0.15, 0.2) is 77.7 Å². The van der Waals surface area contributed by atoms with Gasteiger partial charge in [0.2, 0.25) is 5.91 Å². The average molecular weight is 457 g/mol. The highest BCUT2D eigenvalue weighted by Crippen LogP contribution is 2.27. The molecule has 0 aromatic heterocycles. The lowest BCUT2D eigenvalue weighted by atomic mass is 10.3. The largest absolute Gasteiger partial charge is 0.495 e. The summed E-state index contributed by atoms with van der Waals surface area (Å²) < 4.78 is 44.1. The maximum Gasteiger partial charge on any atom is 0.262 e. The second-order valence-electron chi connectivity index (χ2n) is 6.63. The Balaban J connectivity index is 1.62. The monoisotopic (exact) mass is 456 g/mol. The number of carbonyl (C=O) groups is 1. The molecule has 3 aromatic rings. The molecule has 3 aromatic carbocycles. The summed E-state index contributed by atoms with van der Waals surface area (Å²) in [5.74, 6) is 1.20. The maximum absolute atomic E-state index is 12.8. The molecule has 0 aliphatic rings. The SMILES string of the molecule is COc1ccccc1NS(=O)(=O)c1cccc(NC(=O)CCOc2ccccc2OC)c1. The normalized spacial score (nSPS) is 10.8. The number of sulfonamides is 1. The molecule has 0 unspecified atom stereocenters. The van der Waals surface area contributed by atoms with E-state index in [1.54, 1.807) is 55.6 Å². The van der Waals surface area contributed by atoms with Crippen LogP contribution in [0.2, 0.25) is 0 Å². The standard InChI is InChI=1S/C23H24N2O6S/c1-29-20-11-4-3-10-19(20)25-32(27,28)18-9-7-8-17(16-18)24-23(26)14-15-31-22-13-6-5-12-21(22)30-2/h3-13,16,25H,14-15H2,1-2H3,(H,24,26). The number of nitrogens with one attached hydrogen (secondary N) is 2. The molecule has 168 valence electrons. The van der Waals surface area contributed by atoms with Crippen molar-refractivity contribution in [2.75, 3.05) is 30.9 Å². The number of anilines is 2. The van der Waals surface area contributed by atoms with Gasteiger partial charge >= 0.3 is 0 Å². The fourth-order valence-electron chi connectivity index (χ4n) is 2.89. The first-order chi connectivity index (χ1) is 15.4. The van der Waals surface area contributed by atoms with Crippen molar-refractivity contribution in [3.05, 3.63) is 72.8 Å². The van der Waals surface area contributed by atoms with Crippen LogP contribution in [-0.2, 0) is 14.8 Å². The molecule has 0 spiro atoms. The Morgan fingerprint density at radius 2 is 1.50 bits per heavy atom. The fourth-order valence-corrected chi connectivity index (χ4v) is 4.00. The van der Waals surface area contributed by atoms with Crippen molar-refractivity contribution < 1.29 is 27.4 Å². The molecule has 0 saturated heterocycles. The van der Waals surface area contributed by atoms with Crippen molar-refractivity contribution in [1.29, 1.82) is 0 Å². The van der Waals surface area contributed by atoms with Crippen LogP contribution < -0.4 is 24.2 Å². The summed E-state index contributed by atoms with van der Waals surface area (Å²) >= 11 is 0. The van der Waals surface area contributed by atoms with Gasteiger partial charge in [-0.1, -0.05) is 30.3 Å². The van der Waals surface area contributed by atoms with Crippen LogP contribution >= 0.6 is 0 Å². The zero-order chi connectivity index (χ0) is 23.0. The van der Waals surface area contributed by atoms with E-state index in [1.165, 1.54) is 19.2 Å². The molecule has 8 nitrogen and oxygen atoms in total. The lowest BCUT2D eigenvalue weighted by Crippen LogP contribution is -2.17. The third-order valence-electron chi connectivity index (χ3n) is 4.44. The predicted molar refractivity (Wildman–Crippen MR) is 122 cm³/mol. The van der Waals surface area contributed by atoms with Gasteiger partial charge in [-0.05, 0) is 42.5 Å². The molecule has 0 atom stereocenters. The topological polar surface area (TPSA) is 103 Å². The van der Waals surface area contributed by atoms with E-state index in [1.807, 2.05) is 12.1 Å². The smallest absolute Gasteiger partial charge is 0.262 e. The number of methoxy groups -OCH3 is 2. The fraction of sp³-hybridized carbons (Fsp3) is 0.174. The van der Waals surface area contributed by atoms with Gasteiger partial charge in [-0.15, -0.1) is 0 Å². The Kier molecular flexibility index (Phi) is 7.56. The van der Waals surface area contributed by atoms with Gasteiger partial charge in [-0.3, -0.25) is 9.52 Å². The summed E-state index contributed by atoms with van der Waals surface area (Å²) in [6.45, 7) is 0.138. The van der Waals surface area contributed by atoms with Crippen LogP contribution in [-0.4, -0.2) is 35.2 Å². The van der Waals surface area contributed by atoms with E-state index in [0.717, 1.165) is 0 Å². The second kappa shape index (κ2) is 10.5. The molecule has 9 heteroatoms. The Labute approximate surface area is 187 Å². The Bertz CT molecular complexity index is 1180.